The summed E-state index contributed by atoms with van der Waals surface area (Å²) in [4.78, 5) is 43.6. The molecular formula is C22H28O8P2S2. The third-order valence-corrected chi connectivity index (χ3v) is 7.93. The second-order valence-corrected chi connectivity index (χ2v) is 12.5. The minimum absolute atomic E-state index is 0.0789. The van der Waals surface area contributed by atoms with Gasteiger partial charge in [-0.25, -0.2) is 9.13 Å². The fourth-order valence-electron chi connectivity index (χ4n) is 3.48. The van der Waals surface area contributed by atoms with Crippen LogP contribution in [-0.4, -0.2) is 20.0 Å². The van der Waals surface area contributed by atoms with Gasteiger partial charge in [0.1, 0.15) is 11.5 Å². The van der Waals surface area contributed by atoms with E-state index in [9.17, 15) is 18.7 Å². The van der Waals surface area contributed by atoms with Crippen LogP contribution in [0.25, 0.3) is 0 Å². The summed E-state index contributed by atoms with van der Waals surface area (Å²) >= 11 is 0. The van der Waals surface area contributed by atoms with Crippen LogP contribution in [0.2, 0.25) is 0 Å². The van der Waals surface area contributed by atoms with E-state index in [1.54, 1.807) is 48.5 Å². The largest absolute Gasteiger partial charge is 0.426 e. The summed E-state index contributed by atoms with van der Waals surface area (Å²) in [6, 6.07) is 13.5. The maximum absolute atomic E-state index is 12.6. The smallest absolute Gasteiger partial charge is 0.365 e. The van der Waals surface area contributed by atoms with Crippen LogP contribution in [0.4, 0.5) is 0 Å². The van der Waals surface area contributed by atoms with E-state index in [1.807, 2.05) is 27.7 Å². The third-order valence-electron chi connectivity index (χ3n) is 5.03. The summed E-state index contributed by atoms with van der Waals surface area (Å²) in [5, 5.41) is -0.453. The van der Waals surface area contributed by atoms with Gasteiger partial charge in [0.2, 0.25) is 10.2 Å². The summed E-state index contributed by atoms with van der Waals surface area (Å²) in [5.74, 6) is 0.488. The zero-order valence-electron chi connectivity index (χ0n) is 19.2. The lowest BCUT2D eigenvalue weighted by Crippen LogP contribution is -2.22. The molecule has 12 heteroatoms. The lowest BCUT2D eigenvalue weighted by atomic mass is 9.81. The second-order valence-electron chi connectivity index (χ2n) is 8.76. The van der Waals surface area contributed by atoms with Crippen molar-refractivity contribution in [3.8, 4) is 11.5 Å². The molecule has 0 aromatic heterocycles. The maximum Gasteiger partial charge on any atom is 0.365 e. The molecule has 2 atom stereocenters. The molecule has 0 amide bonds. The average Bonchev–Trinajstić information content (AvgIpc) is 2.71. The lowest BCUT2D eigenvalue weighted by molar-refractivity contribution is -0.113. The van der Waals surface area contributed by atoms with Crippen molar-refractivity contribution in [1.29, 1.82) is 0 Å². The van der Waals surface area contributed by atoms with Crippen LogP contribution in [-0.2, 0) is 29.5 Å². The van der Waals surface area contributed by atoms with Crippen molar-refractivity contribution in [1.82, 2.24) is 0 Å². The minimum Gasteiger partial charge on any atom is -0.426 e. The first-order valence-corrected chi connectivity index (χ1v) is 14.9. The Morgan fingerprint density at radius 1 is 0.735 bits per heavy atom. The highest BCUT2D eigenvalue weighted by molar-refractivity contribution is 8.87. The minimum atomic E-state index is -3.19. The zero-order chi connectivity index (χ0) is 25.5. The monoisotopic (exact) mass is 546 g/mol. The topological polar surface area (TPSA) is 127 Å². The number of benzene rings is 2. The van der Waals surface area contributed by atoms with E-state index in [0.29, 0.717) is 11.1 Å². The van der Waals surface area contributed by atoms with Gasteiger partial charge in [-0.2, -0.15) is 0 Å². The molecule has 0 aliphatic rings. The van der Waals surface area contributed by atoms with Crippen LogP contribution in [0.1, 0.15) is 51.7 Å². The van der Waals surface area contributed by atoms with Crippen molar-refractivity contribution < 1.29 is 37.6 Å². The van der Waals surface area contributed by atoms with Crippen molar-refractivity contribution >= 4 is 48.3 Å². The van der Waals surface area contributed by atoms with Gasteiger partial charge < -0.3 is 18.8 Å². The third kappa shape index (κ3) is 8.59. The van der Waals surface area contributed by atoms with Crippen LogP contribution < -0.4 is 9.05 Å². The molecule has 34 heavy (non-hydrogen) atoms. The van der Waals surface area contributed by atoms with Crippen LogP contribution in [0.3, 0.4) is 0 Å². The summed E-state index contributed by atoms with van der Waals surface area (Å²) in [7, 11) is -4.70. The Bertz CT molecular complexity index is 1000. The first-order chi connectivity index (χ1) is 15.8. The molecule has 2 N–H and O–H groups in total. The van der Waals surface area contributed by atoms with Crippen molar-refractivity contribution in [3.05, 3.63) is 59.7 Å². The summed E-state index contributed by atoms with van der Waals surface area (Å²) in [6.07, 6.45) is 0.158. The van der Waals surface area contributed by atoms with E-state index >= 15 is 0 Å². The van der Waals surface area contributed by atoms with Crippen molar-refractivity contribution in [2.24, 2.45) is 0 Å². The van der Waals surface area contributed by atoms with Gasteiger partial charge >= 0.3 is 16.5 Å². The summed E-state index contributed by atoms with van der Waals surface area (Å²) in [5.41, 5.74) is -0.152. The standard InChI is InChI=1S/C22H28O8P2S2/c1-21(2,15-9-5-7-11-17(15)29-31(25)26)13-19(23)33-34-20(24)14-22(3,4)16-10-6-8-12-18(16)30-32(27)28/h5-12,31-32H,13-14H2,1-4H3,(H,25,26)(H,27,28). The predicted octanol–water partition coefficient (Wildman–Crippen LogP) is 5.68. The number of rotatable bonds is 10. The Morgan fingerprint density at radius 2 is 1.06 bits per heavy atom. The molecule has 0 spiro atoms. The van der Waals surface area contributed by atoms with E-state index in [2.05, 4.69) is 0 Å². The molecule has 0 fully saturated rings. The second kappa shape index (κ2) is 12.4. The Hall–Kier alpha value is -1.54. The molecule has 186 valence electrons. The van der Waals surface area contributed by atoms with E-state index in [4.69, 9.17) is 18.8 Å². The molecule has 2 aromatic rings. The molecule has 0 radical (unpaired) electrons. The molecule has 0 saturated carbocycles. The van der Waals surface area contributed by atoms with Gasteiger partial charge in [0, 0.05) is 34.8 Å². The number of hydrogen-bond donors (Lipinski definition) is 2. The van der Waals surface area contributed by atoms with Crippen LogP contribution >= 0.6 is 38.1 Å². The lowest BCUT2D eigenvalue weighted by Gasteiger charge is -2.27. The van der Waals surface area contributed by atoms with Gasteiger partial charge in [-0.05, 0) is 33.7 Å². The maximum atomic E-state index is 12.6. The van der Waals surface area contributed by atoms with Crippen LogP contribution in [0, 0.1) is 0 Å². The molecule has 2 rings (SSSR count). The highest BCUT2D eigenvalue weighted by Crippen LogP contribution is 2.42. The number of carbonyl (C=O) groups excluding carboxylic acids is 2. The van der Waals surface area contributed by atoms with Crippen molar-refractivity contribution in [2.75, 3.05) is 0 Å². The molecule has 0 aliphatic heterocycles. The number of carbonyl (C=O) groups is 2. The fourth-order valence-corrected chi connectivity index (χ4v) is 6.15. The molecule has 0 bridgehead atoms. The van der Waals surface area contributed by atoms with Crippen molar-refractivity contribution in [3.63, 3.8) is 0 Å². The highest BCUT2D eigenvalue weighted by atomic mass is 33.1. The van der Waals surface area contributed by atoms with Gasteiger partial charge in [0.15, 0.2) is 0 Å². The first-order valence-electron chi connectivity index (χ1n) is 10.2. The zero-order valence-corrected chi connectivity index (χ0v) is 22.8. The Kier molecular flexibility index (Phi) is 10.5. The SMILES string of the molecule is CC(C)(CC(=O)SSC(=O)CC(C)(C)c1ccccc1O[PH](=O)O)c1ccccc1O[PH](=O)O. The Morgan fingerprint density at radius 3 is 1.38 bits per heavy atom. The van der Waals surface area contributed by atoms with E-state index in [0.717, 1.165) is 21.6 Å². The Balaban J connectivity index is 2.01. The predicted molar refractivity (Wildman–Crippen MR) is 137 cm³/mol. The van der Waals surface area contributed by atoms with E-state index < -0.39 is 27.3 Å². The quantitative estimate of drug-likeness (QED) is 0.284. The first kappa shape index (κ1) is 28.7. The van der Waals surface area contributed by atoms with E-state index in [-0.39, 0.29) is 34.6 Å². The molecule has 0 saturated heterocycles. The molecular weight excluding hydrogens is 518 g/mol. The molecule has 0 heterocycles. The van der Waals surface area contributed by atoms with Gasteiger partial charge in [-0.15, -0.1) is 0 Å². The highest BCUT2D eigenvalue weighted by Gasteiger charge is 2.31. The van der Waals surface area contributed by atoms with E-state index in [1.165, 1.54) is 0 Å². The van der Waals surface area contributed by atoms with Gasteiger partial charge in [0.25, 0.3) is 0 Å². The number of para-hydroxylation sites is 2. The summed E-state index contributed by atoms with van der Waals surface area (Å²) < 4.78 is 32.4. The molecule has 0 aliphatic carbocycles. The normalized spacial score (nSPS) is 13.7. The molecule has 8 nitrogen and oxygen atoms in total. The van der Waals surface area contributed by atoms with Gasteiger partial charge in [0.05, 0.1) is 0 Å². The average molecular weight is 547 g/mol. The Labute approximate surface area is 208 Å². The summed E-state index contributed by atoms with van der Waals surface area (Å²) in [6.45, 7) is 7.28. The van der Waals surface area contributed by atoms with Crippen LogP contribution in [0.5, 0.6) is 11.5 Å². The fraction of sp³-hybridized carbons (Fsp3) is 0.364. The van der Waals surface area contributed by atoms with Gasteiger partial charge in [-0.3, -0.25) is 9.59 Å². The van der Waals surface area contributed by atoms with Gasteiger partial charge in [-0.1, -0.05) is 64.1 Å². The van der Waals surface area contributed by atoms with Crippen molar-refractivity contribution in [2.45, 2.75) is 51.4 Å². The van der Waals surface area contributed by atoms with Crippen LogP contribution in [0.15, 0.2) is 48.5 Å². The molecule has 2 unspecified atom stereocenters. The number of hydrogen-bond acceptors (Lipinski definition) is 8. The molecule has 2 aromatic carbocycles.